The third kappa shape index (κ3) is 4.22. The summed E-state index contributed by atoms with van der Waals surface area (Å²) in [5.74, 6) is -3.49. The second-order valence-corrected chi connectivity index (χ2v) is 11.1. The molecule has 3 aromatic carbocycles. The molecule has 0 saturated heterocycles. The molecule has 10 nitrogen and oxygen atoms in total. The number of carbonyl (C=O) groups is 3. The summed E-state index contributed by atoms with van der Waals surface area (Å²) in [7, 11) is -4.41. The summed E-state index contributed by atoms with van der Waals surface area (Å²) in [6.45, 7) is -0.461. The molecule has 40 heavy (non-hydrogen) atoms. The molecule has 0 atom stereocenters. The molecule has 3 heterocycles. The van der Waals surface area contributed by atoms with Crippen LogP contribution in [0.15, 0.2) is 66.9 Å². The van der Waals surface area contributed by atoms with Crippen molar-refractivity contribution in [2.45, 2.75) is 13.1 Å². The first kappa shape index (κ1) is 25.4. The van der Waals surface area contributed by atoms with Crippen LogP contribution in [-0.2, 0) is 23.2 Å². The maximum Gasteiger partial charge on any atom is 0.310 e. The van der Waals surface area contributed by atoms with Crippen molar-refractivity contribution in [3.8, 4) is 11.5 Å². The van der Waals surface area contributed by atoms with Gasteiger partial charge in [0.15, 0.2) is 11.5 Å². The predicted octanol–water partition coefficient (Wildman–Crippen LogP) is 3.24. The Morgan fingerprint density at radius 1 is 0.925 bits per heavy atom. The standard InChI is InChI=1S/C28H20FN3O7S/c29-17-9-7-16(8-10-17)14-31-15-21-22(28(31)36)24(33)23-20(6-3-11-30-23)25(21)39-40(37,38)13-12-32-26(34)18-4-1-2-5-19(18)27(32)35/h1-11,33H,12-15H2. The van der Waals surface area contributed by atoms with Gasteiger partial charge in [0, 0.05) is 30.2 Å². The largest absolute Gasteiger partial charge is 0.505 e. The van der Waals surface area contributed by atoms with E-state index >= 15 is 0 Å². The Bertz CT molecular complexity index is 1810. The number of pyridine rings is 1. The topological polar surface area (TPSA) is 134 Å². The van der Waals surface area contributed by atoms with Gasteiger partial charge in [-0.2, -0.15) is 8.42 Å². The molecule has 3 amide bonds. The highest BCUT2D eigenvalue weighted by Crippen LogP contribution is 2.44. The minimum absolute atomic E-state index is 0.0243. The Hall–Kier alpha value is -4.84. The van der Waals surface area contributed by atoms with Crippen LogP contribution in [0.1, 0.15) is 42.2 Å². The van der Waals surface area contributed by atoms with E-state index in [1.54, 1.807) is 12.1 Å². The van der Waals surface area contributed by atoms with E-state index < -0.39 is 51.7 Å². The molecule has 0 spiro atoms. The number of phenolic OH excluding ortho intramolecular Hbond substituents is 1. The second kappa shape index (κ2) is 9.42. The van der Waals surface area contributed by atoms with E-state index in [0.29, 0.717) is 5.56 Å². The molecule has 2 aliphatic rings. The van der Waals surface area contributed by atoms with Gasteiger partial charge in [0.2, 0.25) is 0 Å². The molecule has 6 rings (SSSR count). The van der Waals surface area contributed by atoms with Crippen molar-refractivity contribution in [3.05, 3.63) is 100 Å². The Morgan fingerprint density at radius 3 is 2.27 bits per heavy atom. The number of hydrogen-bond acceptors (Lipinski definition) is 8. The van der Waals surface area contributed by atoms with Crippen molar-refractivity contribution in [3.63, 3.8) is 0 Å². The lowest BCUT2D eigenvalue weighted by Crippen LogP contribution is -2.35. The number of nitrogens with zero attached hydrogens (tertiary/aromatic N) is 3. The summed E-state index contributed by atoms with van der Waals surface area (Å²) in [4.78, 5) is 45.0. The van der Waals surface area contributed by atoms with E-state index in [1.807, 2.05) is 0 Å². The summed E-state index contributed by atoms with van der Waals surface area (Å²) in [6, 6.07) is 14.8. The number of aromatic nitrogens is 1. The van der Waals surface area contributed by atoms with Gasteiger partial charge in [-0.15, -0.1) is 0 Å². The van der Waals surface area contributed by atoms with Gasteiger partial charge in [-0.1, -0.05) is 24.3 Å². The monoisotopic (exact) mass is 561 g/mol. The fourth-order valence-corrected chi connectivity index (χ4v) is 5.90. The lowest BCUT2D eigenvalue weighted by molar-refractivity contribution is 0.0662. The number of imide groups is 1. The van der Waals surface area contributed by atoms with Crippen LogP contribution in [0.5, 0.6) is 11.5 Å². The highest BCUT2D eigenvalue weighted by atomic mass is 32.2. The Kier molecular flexibility index (Phi) is 5.99. The van der Waals surface area contributed by atoms with Crippen LogP contribution in [0.2, 0.25) is 0 Å². The predicted molar refractivity (Wildman–Crippen MR) is 140 cm³/mol. The number of benzene rings is 3. The van der Waals surface area contributed by atoms with Crippen molar-refractivity contribution >= 4 is 38.7 Å². The van der Waals surface area contributed by atoms with Crippen LogP contribution < -0.4 is 4.18 Å². The normalized spacial score (nSPS) is 14.7. The Morgan fingerprint density at radius 2 is 1.60 bits per heavy atom. The summed E-state index contributed by atoms with van der Waals surface area (Å²) in [5, 5.41) is 11.1. The average molecular weight is 562 g/mol. The zero-order valence-electron chi connectivity index (χ0n) is 20.7. The molecule has 12 heteroatoms. The van der Waals surface area contributed by atoms with Gasteiger partial charge in [-0.3, -0.25) is 24.3 Å². The summed E-state index contributed by atoms with van der Waals surface area (Å²) < 4.78 is 45.2. The van der Waals surface area contributed by atoms with Crippen molar-refractivity contribution in [2.75, 3.05) is 12.3 Å². The van der Waals surface area contributed by atoms with Gasteiger partial charge in [0.1, 0.15) is 17.1 Å². The van der Waals surface area contributed by atoms with E-state index in [0.717, 1.165) is 4.90 Å². The molecule has 1 N–H and O–H groups in total. The number of rotatable bonds is 7. The molecule has 0 bridgehead atoms. The maximum absolute atomic E-state index is 13.4. The maximum atomic E-state index is 13.4. The zero-order valence-corrected chi connectivity index (χ0v) is 21.5. The van der Waals surface area contributed by atoms with Crippen LogP contribution in [0.3, 0.4) is 0 Å². The number of amides is 3. The van der Waals surface area contributed by atoms with E-state index in [-0.39, 0.29) is 52.0 Å². The zero-order chi connectivity index (χ0) is 28.2. The molecular weight excluding hydrogens is 541 g/mol. The fourth-order valence-electron chi connectivity index (χ4n) is 4.96. The van der Waals surface area contributed by atoms with Gasteiger partial charge < -0.3 is 14.2 Å². The van der Waals surface area contributed by atoms with E-state index in [2.05, 4.69) is 4.98 Å². The number of phenols is 1. The van der Waals surface area contributed by atoms with Crippen LogP contribution in [-0.4, -0.2) is 58.3 Å². The van der Waals surface area contributed by atoms with Gasteiger partial charge in [-0.05, 0) is 42.0 Å². The number of hydrogen-bond donors (Lipinski definition) is 1. The first-order chi connectivity index (χ1) is 19.1. The lowest BCUT2D eigenvalue weighted by Gasteiger charge is -2.17. The molecule has 202 valence electrons. The third-order valence-electron chi connectivity index (χ3n) is 6.88. The molecule has 0 unspecified atom stereocenters. The minimum atomic E-state index is -4.41. The Labute approximate surface area is 227 Å². The molecule has 0 saturated carbocycles. The number of halogens is 1. The van der Waals surface area contributed by atoms with Crippen molar-refractivity contribution in [2.24, 2.45) is 0 Å². The SMILES string of the molecule is O=C1c2c(c(OS(=O)(=O)CCN3C(=O)c4ccccc4C3=O)c3cccnc3c2O)CN1Cc1ccc(F)cc1. The highest BCUT2D eigenvalue weighted by Gasteiger charge is 2.38. The van der Waals surface area contributed by atoms with Crippen LogP contribution >= 0.6 is 0 Å². The molecule has 1 aromatic heterocycles. The summed E-state index contributed by atoms with van der Waals surface area (Å²) in [6.07, 6.45) is 1.38. The third-order valence-corrected chi connectivity index (χ3v) is 7.98. The first-order valence-corrected chi connectivity index (χ1v) is 13.8. The molecular formula is C28H20FN3O7S. The number of fused-ring (bicyclic) bond motifs is 3. The van der Waals surface area contributed by atoms with Gasteiger partial charge in [0.25, 0.3) is 17.7 Å². The van der Waals surface area contributed by atoms with Gasteiger partial charge in [-0.25, -0.2) is 4.39 Å². The molecule has 0 aliphatic carbocycles. The van der Waals surface area contributed by atoms with Crippen LogP contribution in [0, 0.1) is 5.82 Å². The number of aromatic hydroxyl groups is 1. The molecule has 0 radical (unpaired) electrons. The lowest BCUT2D eigenvalue weighted by atomic mass is 10.0. The Balaban J connectivity index is 1.31. The first-order valence-electron chi connectivity index (χ1n) is 12.2. The molecule has 0 fully saturated rings. The summed E-state index contributed by atoms with van der Waals surface area (Å²) in [5.41, 5.74) is 0.996. The molecule has 4 aromatic rings. The fraction of sp³-hybridized carbons (Fsp3) is 0.143. The molecule has 2 aliphatic heterocycles. The number of carbonyl (C=O) groups excluding carboxylic acids is 3. The van der Waals surface area contributed by atoms with Crippen molar-refractivity contribution in [1.29, 1.82) is 0 Å². The van der Waals surface area contributed by atoms with Gasteiger partial charge in [0.05, 0.1) is 23.2 Å². The average Bonchev–Trinajstić information content (AvgIpc) is 3.40. The van der Waals surface area contributed by atoms with E-state index in [9.17, 15) is 32.3 Å². The van der Waals surface area contributed by atoms with E-state index in [1.165, 1.54) is 59.6 Å². The van der Waals surface area contributed by atoms with Crippen molar-refractivity contribution < 1.29 is 36.5 Å². The minimum Gasteiger partial charge on any atom is -0.505 e. The smallest absolute Gasteiger partial charge is 0.310 e. The van der Waals surface area contributed by atoms with E-state index in [4.69, 9.17) is 4.18 Å². The summed E-state index contributed by atoms with van der Waals surface area (Å²) >= 11 is 0. The van der Waals surface area contributed by atoms with Crippen molar-refractivity contribution in [1.82, 2.24) is 14.8 Å². The second-order valence-electron chi connectivity index (χ2n) is 9.37. The highest BCUT2D eigenvalue weighted by molar-refractivity contribution is 7.87. The van der Waals surface area contributed by atoms with Gasteiger partial charge >= 0.3 is 10.1 Å². The van der Waals surface area contributed by atoms with Crippen LogP contribution in [0.25, 0.3) is 10.9 Å². The quantitative estimate of drug-likeness (QED) is 0.269. The van der Waals surface area contributed by atoms with Crippen LogP contribution in [0.4, 0.5) is 4.39 Å².